The third kappa shape index (κ3) is 5.28. The largest absolute Gasteiger partial charge is 0.392 e. The molecule has 13 heteroatoms. The first kappa shape index (κ1) is 31.0. The Labute approximate surface area is 272 Å². The molecule has 7 rings (SSSR count). The summed E-state index contributed by atoms with van der Waals surface area (Å²) in [6, 6.07) is 7.62. The van der Waals surface area contributed by atoms with Crippen LogP contribution in [0.25, 0.3) is 22.5 Å². The Morgan fingerprint density at radius 1 is 1.11 bits per heavy atom. The third-order valence-corrected chi connectivity index (χ3v) is 9.60. The normalized spacial score (nSPS) is 17.3. The van der Waals surface area contributed by atoms with Crippen molar-refractivity contribution in [2.45, 2.75) is 59.7 Å². The second kappa shape index (κ2) is 11.6. The minimum atomic E-state index is -0.389. The predicted octanol–water partition coefficient (Wildman–Crippen LogP) is 3.13. The number of methoxy groups -OCH3 is 1. The number of hydrogen-bond donors (Lipinski definition) is 2. The molecule has 0 amide bonds. The van der Waals surface area contributed by atoms with E-state index in [1.807, 2.05) is 28.1 Å². The first-order chi connectivity index (χ1) is 22.5. The minimum absolute atomic E-state index is 0.136. The third-order valence-electron chi connectivity index (χ3n) is 9.60. The van der Waals surface area contributed by atoms with Crippen molar-refractivity contribution in [3.8, 4) is 16.9 Å². The van der Waals surface area contributed by atoms with Gasteiger partial charge >= 0.3 is 0 Å². The summed E-state index contributed by atoms with van der Waals surface area (Å²) in [7, 11) is 3.39. The fourth-order valence-electron chi connectivity index (χ4n) is 7.30. The van der Waals surface area contributed by atoms with E-state index in [1.165, 1.54) is 14.8 Å². The Morgan fingerprint density at radius 3 is 2.68 bits per heavy atom. The second-order valence-electron chi connectivity index (χ2n) is 13.5. The van der Waals surface area contributed by atoms with E-state index in [9.17, 15) is 14.7 Å². The van der Waals surface area contributed by atoms with Crippen LogP contribution in [0.15, 0.2) is 46.2 Å². The topological polar surface area (TPSA) is 137 Å². The molecule has 246 valence electrons. The zero-order valence-electron chi connectivity index (χ0n) is 27.7. The molecule has 2 aliphatic rings. The lowest BCUT2D eigenvalue weighted by atomic mass is 9.90. The van der Waals surface area contributed by atoms with Crippen LogP contribution in [-0.2, 0) is 37.8 Å². The lowest BCUT2D eigenvalue weighted by Gasteiger charge is -2.33. The number of hydrogen-bond acceptors (Lipinski definition) is 9. The average Bonchev–Trinajstić information content (AvgIpc) is 3.70. The van der Waals surface area contributed by atoms with Gasteiger partial charge in [0.1, 0.15) is 17.0 Å². The number of pyridine rings is 2. The van der Waals surface area contributed by atoms with E-state index in [-0.39, 0.29) is 35.0 Å². The zero-order chi connectivity index (χ0) is 33.2. The maximum absolute atomic E-state index is 13.9. The Balaban J connectivity index is 1.26. The molecule has 5 aromatic rings. The molecule has 1 aliphatic carbocycles. The van der Waals surface area contributed by atoms with Crippen LogP contribution in [0.4, 0.5) is 11.5 Å². The van der Waals surface area contributed by atoms with Crippen molar-refractivity contribution in [3.63, 3.8) is 0 Å². The van der Waals surface area contributed by atoms with Crippen LogP contribution in [0.2, 0.25) is 0 Å². The Bertz CT molecular complexity index is 2140. The number of nitrogens with zero attached hydrogens (tertiary/aromatic N) is 8. The second-order valence-corrected chi connectivity index (χ2v) is 13.5. The number of rotatable bonds is 8. The van der Waals surface area contributed by atoms with Crippen molar-refractivity contribution < 1.29 is 9.84 Å². The monoisotopic (exact) mass is 639 g/mol. The molecule has 13 nitrogen and oxygen atoms in total. The van der Waals surface area contributed by atoms with E-state index in [4.69, 9.17) is 9.84 Å². The van der Waals surface area contributed by atoms with Gasteiger partial charge in [-0.05, 0) is 61.4 Å². The first-order valence-corrected chi connectivity index (χ1v) is 16.0. The van der Waals surface area contributed by atoms with Gasteiger partial charge in [-0.3, -0.25) is 23.6 Å². The van der Waals surface area contributed by atoms with Crippen LogP contribution in [0.3, 0.4) is 0 Å². The van der Waals surface area contributed by atoms with Crippen LogP contribution in [0, 0.1) is 12.3 Å². The molecule has 0 spiro atoms. The summed E-state index contributed by atoms with van der Waals surface area (Å²) < 4.78 is 12.0. The molecule has 47 heavy (non-hydrogen) atoms. The van der Waals surface area contributed by atoms with Crippen molar-refractivity contribution in [3.05, 3.63) is 85.7 Å². The lowest BCUT2D eigenvalue weighted by molar-refractivity contribution is 0.104. The maximum atomic E-state index is 13.9. The highest BCUT2D eigenvalue weighted by Gasteiger charge is 2.33. The van der Waals surface area contributed by atoms with Crippen molar-refractivity contribution in [1.29, 1.82) is 0 Å². The molecule has 1 unspecified atom stereocenters. The summed E-state index contributed by atoms with van der Waals surface area (Å²) in [6.07, 6.45) is 5.07. The molecule has 0 saturated heterocycles. The van der Waals surface area contributed by atoms with Crippen LogP contribution < -0.4 is 16.4 Å². The fraction of sp³-hybridized carbons (Fsp3) is 0.441. The van der Waals surface area contributed by atoms with Gasteiger partial charge in [0.25, 0.3) is 11.1 Å². The van der Waals surface area contributed by atoms with E-state index in [1.54, 1.807) is 38.7 Å². The summed E-state index contributed by atoms with van der Waals surface area (Å²) >= 11 is 0. The van der Waals surface area contributed by atoms with Gasteiger partial charge in [-0.1, -0.05) is 13.8 Å². The van der Waals surface area contributed by atoms with Gasteiger partial charge in [0.05, 0.1) is 25.5 Å². The van der Waals surface area contributed by atoms with Gasteiger partial charge in [0, 0.05) is 68.6 Å². The van der Waals surface area contributed by atoms with Gasteiger partial charge in [0.15, 0.2) is 11.6 Å². The number of nitrogens with one attached hydrogen (secondary N) is 1. The molecule has 0 radical (unpaired) electrons. The molecule has 2 N–H and O–H groups in total. The van der Waals surface area contributed by atoms with Crippen molar-refractivity contribution in [2.75, 3.05) is 32.1 Å². The number of aryl methyl sites for hydroxylation is 2. The minimum Gasteiger partial charge on any atom is -0.392 e. The summed E-state index contributed by atoms with van der Waals surface area (Å²) in [4.78, 5) is 34.1. The van der Waals surface area contributed by atoms with Crippen LogP contribution in [0.1, 0.15) is 55.2 Å². The molecule has 1 atom stereocenters. The molecule has 0 bridgehead atoms. The van der Waals surface area contributed by atoms with Crippen LogP contribution >= 0.6 is 0 Å². The average molecular weight is 640 g/mol. The number of aromatic nitrogens is 7. The maximum Gasteiger partial charge on any atom is 0.297 e. The first-order valence-electron chi connectivity index (χ1n) is 16.0. The molecular weight excluding hydrogens is 598 g/mol. The Hall–Kier alpha value is -4.59. The number of aliphatic hydroxyl groups is 1. The highest BCUT2D eigenvalue weighted by Crippen LogP contribution is 2.38. The predicted molar refractivity (Wildman–Crippen MR) is 178 cm³/mol. The van der Waals surface area contributed by atoms with E-state index >= 15 is 0 Å². The van der Waals surface area contributed by atoms with Crippen LogP contribution in [0.5, 0.6) is 0 Å². The molecule has 5 aromatic heterocycles. The molecule has 0 aromatic carbocycles. The van der Waals surface area contributed by atoms with Crippen molar-refractivity contribution >= 4 is 17.0 Å². The number of ether oxygens (including phenoxy) is 1. The number of fused-ring (bicyclic) bond motifs is 4. The highest BCUT2D eigenvalue weighted by atomic mass is 16.5. The van der Waals surface area contributed by atoms with Gasteiger partial charge < -0.3 is 19.7 Å². The quantitative estimate of drug-likeness (QED) is 0.262. The zero-order valence-corrected chi connectivity index (χ0v) is 27.7. The molecule has 6 heterocycles. The summed E-state index contributed by atoms with van der Waals surface area (Å²) in [5.41, 5.74) is 5.58. The van der Waals surface area contributed by atoms with Crippen LogP contribution in [-0.4, -0.2) is 70.3 Å². The van der Waals surface area contributed by atoms with E-state index in [0.29, 0.717) is 46.1 Å². The Morgan fingerprint density at radius 2 is 1.91 bits per heavy atom. The number of anilines is 2. The van der Waals surface area contributed by atoms with Gasteiger partial charge in [-0.2, -0.15) is 9.78 Å². The van der Waals surface area contributed by atoms with E-state index in [0.717, 1.165) is 43.9 Å². The summed E-state index contributed by atoms with van der Waals surface area (Å²) in [5.74, 6) is 1.50. The lowest BCUT2D eigenvalue weighted by Crippen LogP contribution is -2.38. The fourth-order valence-corrected chi connectivity index (χ4v) is 7.30. The van der Waals surface area contributed by atoms with E-state index < -0.39 is 0 Å². The highest BCUT2D eigenvalue weighted by molar-refractivity contribution is 5.73. The van der Waals surface area contributed by atoms with Gasteiger partial charge in [-0.15, -0.1) is 5.10 Å². The SMILES string of the molecule is COCCN1CCn2nc(Nc3cc(-c4ccnc(-n5nc(C)n6c7c(cc6c5=O)CC(C)(C)C7)c4CO)cn(C)c3=O)cc2C1C. The number of aliphatic hydroxyl groups excluding tert-OH is 1. The van der Waals surface area contributed by atoms with Gasteiger partial charge in [0.2, 0.25) is 0 Å². The van der Waals surface area contributed by atoms with E-state index in [2.05, 4.69) is 41.1 Å². The summed E-state index contributed by atoms with van der Waals surface area (Å²) in [6.45, 7) is 11.2. The van der Waals surface area contributed by atoms with Crippen molar-refractivity contribution in [1.82, 2.24) is 38.4 Å². The smallest absolute Gasteiger partial charge is 0.297 e. The Kier molecular flexibility index (Phi) is 7.65. The summed E-state index contributed by atoms with van der Waals surface area (Å²) in [5, 5.41) is 23.3. The molecular formula is C34H41N9O4. The van der Waals surface area contributed by atoms with Crippen molar-refractivity contribution in [2.24, 2.45) is 12.5 Å². The molecule has 0 fully saturated rings. The molecule has 0 saturated carbocycles. The molecule has 1 aliphatic heterocycles. The standard InChI is InChI=1S/C34H41N9O4/c1-20-27-15-30(38-41(27)10-9-40(20)11-12-47-6)36-26-13-23(18-39(5)32(26)45)24-7-8-35-31(25(24)19-44)43-33(46)28-14-22-16-34(3,4)17-29(22)42(28)21(2)37-43/h7-8,13-15,18,20,44H,9-12,16-17,19H2,1-6H3,(H,36,38). The van der Waals surface area contributed by atoms with Gasteiger partial charge in [-0.25, -0.2) is 4.98 Å².